The number of carbonyl (C=O) groups is 1. The van der Waals surface area contributed by atoms with Crippen LogP contribution < -0.4 is 15.8 Å². The number of nitrogens with zero attached hydrogens (tertiary/aromatic N) is 2. The van der Waals surface area contributed by atoms with E-state index < -0.39 is 21.6 Å². The summed E-state index contributed by atoms with van der Waals surface area (Å²) < 4.78 is 45.9. The minimum atomic E-state index is -3.58. The van der Waals surface area contributed by atoms with Crippen LogP contribution in [0, 0.1) is 5.82 Å². The van der Waals surface area contributed by atoms with Gasteiger partial charge in [0.15, 0.2) is 15.4 Å². The predicted molar refractivity (Wildman–Crippen MR) is 139 cm³/mol. The van der Waals surface area contributed by atoms with E-state index in [-0.39, 0.29) is 39.8 Å². The molecule has 0 radical (unpaired) electrons. The van der Waals surface area contributed by atoms with E-state index in [1.807, 2.05) is 6.07 Å². The third-order valence-electron chi connectivity index (χ3n) is 5.33. The van der Waals surface area contributed by atoms with Crippen molar-refractivity contribution in [3.8, 4) is 22.7 Å². The highest BCUT2D eigenvalue weighted by Gasteiger charge is 2.21. The van der Waals surface area contributed by atoms with Crippen LogP contribution in [0.15, 0.2) is 77.7 Å². The highest BCUT2D eigenvalue weighted by molar-refractivity contribution is 7.90. The number of nitrogens with two attached hydrogens (primary N) is 1. The molecule has 0 fully saturated rings. The Hall–Kier alpha value is -3.93. The third-order valence-corrected chi connectivity index (χ3v) is 6.58. The minimum absolute atomic E-state index is 0.00855. The second-order valence-corrected chi connectivity index (χ2v) is 9.92. The van der Waals surface area contributed by atoms with Gasteiger partial charge < -0.3 is 15.8 Å². The molecule has 3 aromatic carbocycles. The lowest BCUT2D eigenvalue weighted by Gasteiger charge is -2.13. The van der Waals surface area contributed by atoms with E-state index >= 15 is 4.39 Å². The van der Waals surface area contributed by atoms with Crippen molar-refractivity contribution >= 4 is 39.2 Å². The molecule has 0 saturated carbocycles. The van der Waals surface area contributed by atoms with Gasteiger partial charge in [0, 0.05) is 35.7 Å². The molecule has 0 aliphatic heterocycles. The minimum Gasteiger partial charge on any atom is -0.434 e. The van der Waals surface area contributed by atoms with Gasteiger partial charge in [0.05, 0.1) is 10.6 Å². The first-order valence-electron chi connectivity index (χ1n) is 10.6. The summed E-state index contributed by atoms with van der Waals surface area (Å²) in [5.41, 5.74) is 8.76. The molecule has 0 saturated heterocycles. The molecule has 0 aliphatic rings. The maximum atomic E-state index is 15.1. The Kier molecular flexibility index (Phi) is 7.25. The lowest BCUT2D eigenvalue weighted by atomic mass is 10.0. The molecule has 36 heavy (non-hydrogen) atoms. The molecule has 3 N–H and O–H groups in total. The van der Waals surface area contributed by atoms with Crippen LogP contribution in [0.2, 0.25) is 0 Å². The van der Waals surface area contributed by atoms with Crippen molar-refractivity contribution in [2.45, 2.75) is 11.4 Å². The van der Waals surface area contributed by atoms with Crippen LogP contribution in [0.3, 0.4) is 0 Å². The van der Waals surface area contributed by atoms with Crippen LogP contribution >= 0.6 is 12.2 Å². The van der Waals surface area contributed by atoms with Crippen LogP contribution in [0.4, 0.5) is 10.1 Å². The Balaban J connectivity index is 1.69. The van der Waals surface area contributed by atoms with Crippen LogP contribution in [-0.4, -0.2) is 35.9 Å². The summed E-state index contributed by atoms with van der Waals surface area (Å²) in [4.78, 5) is 13.2. The predicted octanol–water partition coefficient (Wildman–Crippen LogP) is 4.13. The zero-order valence-corrected chi connectivity index (χ0v) is 20.6. The van der Waals surface area contributed by atoms with Crippen molar-refractivity contribution in [3.63, 3.8) is 0 Å². The van der Waals surface area contributed by atoms with Gasteiger partial charge in [0.2, 0.25) is 5.88 Å². The SMILES string of the molecule is CS(=O)(=O)c1ccccc1-c1ccc(NC(=O)c2cc(OC=S)nn2-c2ccccc2CN)cc1F. The summed E-state index contributed by atoms with van der Waals surface area (Å²) in [6.45, 7) is 0.210. The molecule has 8 nitrogen and oxygen atoms in total. The van der Waals surface area contributed by atoms with Gasteiger partial charge in [-0.25, -0.2) is 17.5 Å². The maximum absolute atomic E-state index is 15.1. The number of ether oxygens (including phenoxy) is 1. The van der Waals surface area contributed by atoms with Crippen molar-refractivity contribution in [3.05, 3.63) is 89.9 Å². The maximum Gasteiger partial charge on any atom is 0.274 e. The molecular formula is C25H21FN4O4S2. The van der Waals surface area contributed by atoms with E-state index in [9.17, 15) is 13.2 Å². The first kappa shape index (κ1) is 25.2. The average Bonchev–Trinajstić information content (AvgIpc) is 3.28. The Morgan fingerprint density at radius 3 is 2.53 bits per heavy atom. The van der Waals surface area contributed by atoms with E-state index in [0.29, 0.717) is 5.69 Å². The number of halogens is 1. The largest absolute Gasteiger partial charge is 0.434 e. The molecule has 0 unspecified atom stereocenters. The van der Waals surface area contributed by atoms with E-state index in [2.05, 4.69) is 10.4 Å². The Bertz CT molecular complexity index is 1570. The molecular weight excluding hydrogens is 503 g/mol. The molecule has 4 aromatic rings. The van der Waals surface area contributed by atoms with E-state index in [4.69, 9.17) is 22.7 Å². The molecule has 1 heterocycles. The zero-order valence-electron chi connectivity index (χ0n) is 19.0. The van der Waals surface area contributed by atoms with E-state index in [0.717, 1.165) is 23.4 Å². The van der Waals surface area contributed by atoms with Crippen LogP contribution in [-0.2, 0) is 16.4 Å². The average molecular weight is 525 g/mol. The molecule has 1 aromatic heterocycles. The molecule has 4 rings (SSSR count). The highest BCUT2D eigenvalue weighted by atomic mass is 32.2. The summed E-state index contributed by atoms with van der Waals surface area (Å²) in [5, 5.41) is 6.94. The Morgan fingerprint density at radius 1 is 1.11 bits per heavy atom. The molecule has 0 atom stereocenters. The van der Waals surface area contributed by atoms with Gasteiger partial charge >= 0.3 is 0 Å². The number of benzene rings is 3. The van der Waals surface area contributed by atoms with Crippen molar-refractivity contribution in [2.24, 2.45) is 5.73 Å². The topological polar surface area (TPSA) is 116 Å². The summed E-state index contributed by atoms with van der Waals surface area (Å²) in [5.74, 6) is -1.19. The highest BCUT2D eigenvalue weighted by Crippen LogP contribution is 2.31. The van der Waals surface area contributed by atoms with Crippen LogP contribution in [0.5, 0.6) is 5.88 Å². The second-order valence-electron chi connectivity index (χ2n) is 7.74. The summed E-state index contributed by atoms with van der Waals surface area (Å²) in [7, 11) is -3.58. The number of sulfone groups is 1. The molecule has 184 valence electrons. The molecule has 0 bridgehead atoms. The quantitative estimate of drug-likeness (QED) is 0.333. The molecule has 0 aliphatic carbocycles. The monoisotopic (exact) mass is 524 g/mol. The van der Waals surface area contributed by atoms with Gasteiger partial charge in [-0.3, -0.25) is 4.79 Å². The van der Waals surface area contributed by atoms with Crippen molar-refractivity contribution in [1.29, 1.82) is 0 Å². The third kappa shape index (κ3) is 5.18. The first-order chi connectivity index (χ1) is 17.2. The fraction of sp³-hybridized carbons (Fsp3) is 0.0800. The molecule has 1 amide bonds. The second kappa shape index (κ2) is 10.4. The van der Waals surface area contributed by atoms with Gasteiger partial charge in [-0.1, -0.05) is 36.4 Å². The van der Waals surface area contributed by atoms with Crippen LogP contribution in [0.25, 0.3) is 16.8 Å². The van der Waals surface area contributed by atoms with Gasteiger partial charge in [0.25, 0.3) is 5.91 Å². The summed E-state index contributed by atoms with van der Waals surface area (Å²) in [6, 6.07) is 18.7. The fourth-order valence-electron chi connectivity index (χ4n) is 3.72. The summed E-state index contributed by atoms with van der Waals surface area (Å²) in [6.07, 6.45) is 1.06. The summed E-state index contributed by atoms with van der Waals surface area (Å²) >= 11 is 4.73. The molecule has 11 heteroatoms. The number of aromatic nitrogens is 2. The number of hydrogen-bond donors (Lipinski definition) is 2. The lowest BCUT2D eigenvalue weighted by molar-refractivity contribution is 0.101. The number of anilines is 1. The number of carbonyl (C=O) groups excluding carboxylic acids is 1. The first-order valence-corrected chi connectivity index (χ1v) is 13.0. The number of thiocarbonyl (C=S) groups is 1. The van der Waals surface area contributed by atoms with Crippen LogP contribution in [0.1, 0.15) is 16.1 Å². The van der Waals surface area contributed by atoms with E-state index in [1.54, 1.807) is 30.3 Å². The normalized spacial score (nSPS) is 11.2. The van der Waals surface area contributed by atoms with Gasteiger partial charge in [-0.2, -0.15) is 0 Å². The zero-order chi connectivity index (χ0) is 25.9. The standard InChI is InChI=1S/C25H21FN4O4S2/c1-36(32,33)23-9-5-3-7-19(23)18-11-10-17(12-20(18)26)28-25(31)22-13-24(34-15-35)29-30(22)21-8-4-2-6-16(21)14-27/h2-13,15H,14,27H2,1H3,(H,28,31). The number of para-hydroxylation sites is 1. The van der Waals surface area contributed by atoms with Gasteiger partial charge in [-0.15, -0.1) is 5.10 Å². The number of amides is 1. The fourth-order valence-corrected chi connectivity index (χ4v) is 4.72. The number of hydrogen-bond acceptors (Lipinski definition) is 7. The number of rotatable bonds is 8. The smallest absolute Gasteiger partial charge is 0.274 e. The van der Waals surface area contributed by atoms with Crippen molar-refractivity contribution in [2.75, 3.05) is 11.6 Å². The van der Waals surface area contributed by atoms with Gasteiger partial charge in [-0.05, 0) is 48.1 Å². The number of nitrogens with one attached hydrogen (secondary N) is 1. The van der Waals surface area contributed by atoms with Crippen molar-refractivity contribution < 1.29 is 22.3 Å². The molecule has 0 spiro atoms. The van der Waals surface area contributed by atoms with E-state index in [1.165, 1.54) is 35.0 Å². The lowest BCUT2D eigenvalue weighted by Crippen LogP contribution is -2.18. The van der Waals surface area contributed by atoms with Gasteiger partial charge in [0.1, 0.15) is 11.5 Å². The Morgan fingerprint density at radius 2 is 1.83 bits per heavy atom. The Labute approximate surface area is 212 Å². The van der Waals surface area contributed by atoms with Crippen molar-refractivity contribution in [1.82, 2.24) is 9.78 Å².